The quantitative estimate of drug-likeness (QED) is 0.255. The highest BCUT2D eigenvalue weighted by Gasteiger charge is 2.32. The second-order valence-corrected chi connectivity index (χ2v) is 16.9. The first-order chi connectivity index (χ1) is 20.2. The van der Waals surface area contributed by atoms with E-state index in [9.17, 15) is 14.3 Å². The van der Waals surface area contributed by atoms with E-state index < -0.39 is 6.17 Å². The third-order valence-electron chi connectivity index (χ3n) is 9.17. The smallest absolute Gasteiger partial charge is 0.163 e. The fourth-order valence-corrected chi connectivity index (χ4v) is 7.03. The summed E-state index contributed by atoms with van der Waals surface area (Å²) in [5, 5.41) is 14.3. The van der Waals surface area contributed by atoms with Gasteiger partial charge in [0.15, 0.2) is 5.78 Å². The number of carbonyl (C=O) groups is 1. The predicted octanol–water partition coefficient (Wildman–Crippen LogP) is 10.9. The fraction of sp³-hybridized carbons (Fsp3) is 0.475. The maximum Gasteiger partial charge on any atom is 0.163 e. The Morgan fingerprint density at radius 3 is 1.77 bits per heavy atom. The lowest BCUT2D eigenvalue weighted by molar-refractivity contribution is -0.114. The number of aromatic nitrogens is 1. The molecular weight excluding hydrogens is 545 g/mol. The number of ketones is 1. The Morgan fingerprint density at radius 1 is 0.773 bits per heavy atom. The zero-order valence-electron chi connectivity index (χ0n) is 28.6. The molecule has 1 heterocycles. The van der Waals surface area contributed by atoms with E-state index in [1.807, 2.05) is 6.07 Å². The van der Waals surface area contributed by atoms with E-state index in [1.165, 1.54) is 17.2 Å². The normalized spacial score (nSPS) is 17.0. The lowest BCUT2D eigenvalue weighted by atomic mass is 9.71. The van der Waals surface area contributed by atoms with Crippen LogP contribution in [0.2, 0.25) is 0 Å². The van der Waals surface area contributed by atoms with Crippen molar-refractivity contribution >= 4 is 33.2 Å². The molecular formula is C40H50FNO2. The van der Waals surface area contributed by atoms with Crippen LogP contribution in [-0.2, 0) is 21.0 Å². The first kappa shape index (κ1) is 32.0. The zero-order chi connectivity index (χ0) is 32.6. The third kappa shape index (κ3) is 5.97. The van der Waals surface area contributed by atoms with Crippen molar-refractivity contribution in [3.63, 3.8) is 0 Å². The van der Waals surface area contributed by atoms with Gasteiger partial charge in [-0.25, -0.2) is 4.39 Å². The third-order valence-corrected chi connectivity index (χ3v) is 9.17. The van der Waals surface area contributed by atoms with Gasteiger partial charge in [0.05, 0.1) is 16.7 Å². The number of rotatable bonds is 4. The van der Waals surface area contributed by atoms with Crippen molar-refractivity contribution in [1.82, 2.24) is 4.57 Å². The molecule has 0 radical (unpaired) electrons. The molecule has 44 heavy (non-hydrogen) atoms. The number of halogens is 1. The minimum atomic E-state index is -1.21. The fourth-order valence-electron chi connectivity index (χ4n) is 7.03. The first-order valence-electron chi connectivity index (χ1n) is 16.0. The first-order valence-corrected chi connectivity index (χ1v) is 16.0. The Kier molecular flexibility index (Phi) is 7.71. The largest absolute Gasteiger partial charge is 0.505 e. The Balaban J connectivity index is 1.91. The molecule has 3 nitrogen and oxygen atoms in total. The van der Waals surface area contributed by atoms with Gasteiger partial charge in [0.1, 0.15) is 11.9 Å². The van der Waals surface area contributed by atoms with Crippen LogP contribution < -0.4 is 0 Å². The molecule has 1 aliphatic carbocycles. The molecule has 1 atom stereocenters. The summed E-state index contributed by atoms with van der Waals surface area (Å²) in [7, 11) is 0. The molecule has 0 amide bonds. The topological polar surface area (TPSA) is 42.2 Å². The molecule has 1 N–H and O–H groups in total. The summed E-state index contributed by atoms with van der Waals surface area (Å²) in [4.78, 5) is 13.2. The minimum Gasteiger partial charge on any atom is -0.505 e. The Morgan fingerprint density at radius 2 is 1.30 bits per heavy atom. The number of allylic oxidation sites excluding steroid dienone is 2. The summed E-state index contributed by atoms with van der Waals surface area (Å²) in [6.45, 7) is 24.4. The number of hydrogen-bond donors (Lipinski definition) is 1. The number of alkyl halides is 1. The van der Waals surface area contributed by atoms with Gasteiger partial charge in [-0.3, -0.25) is 4.79 Å². The van der Waals surface area contributed by atoms with E-state index in [1.54, 1.807) is 0 Å². The molecule has 1 aromatic heterocycles. The van der Waals surface area contributed by atoms with Crippen LogP contribution in [0.5, 0.6) is 5.75 Å². The van der Waals surface area contributed by atoms with Crippen molar-refractivity contribution in [1.29, 1.82) is 0 Å². The average molecular weight is 596 g/mol. The number of benzene rings is 3. The lowest BCUT2D eigenvalue weighted by Gasteiger charge is -2.34. The summed E-state index contributed by atoms with van der Waals surface area (Å²) in [5.41, 5.74) is 6.47. The molecule has 5 rings (SSSR count). The van der Waals surface area contributed by atoms with Crippen LogP contribution >= 0.6 is 0 Å². The number of hydrogen-bond acceptors (Lipinski definition) is 2. The van der Waals surface area contributed by atoms with Gasteiger partial charge in [-0.1, -0.05) is 88.3 Å². The molecule has 3 aromatic carbocycles. The molecule has 0 spiro atoms. The van der Waals surface area contributed by atoms with Gasteiger partial charge in [-0.15, -0.1) is 0 Å². The van der Waals surface area contributed by atoms with Gasteiger partial charge in [-0.05, 0) is 93.7 Å². The number of carbonyl (C=O) groups excluding carboxylic acids is 1. The van der Waals surface area contributed by atoms with Crippen molar-refractivity contribution in [3.05, 3.63) is 76.9 Å². The van der Waals surface area contributed by atoms with Crippen LogP contribution in [0.15, 0.2) is 54.6 Å². The molecule has 0 fully saturated rings. The van der Waals surface area contributed by atoms with Crippen LogP contribution in [0.1, 0.15) is 118 Å². The van der Waals surface area contributed by atoms with Crippen LogP contribution in [0.4, 0.5) is 4.39 Å². The van der Waals surface area contributed by atoms with Gasteiger partial charge < -0.3 is 9.67 Å². The van der Waals surface area contributed by atoms with E-state index in [0.717, 1.165) is 33.8 Å². The Hall–Kier alpha value is -3.40. The average Bonchev–Trinajstić information content (AvgIpc) is 3.21. The summed E-state index contributed by atoms with van der Waals surface area (Å²) in [5.74, 6) is -0.120. The lowest BCUT2D eigenvalue weighted by Crippen LogP contribution is -2.25. The van der Waals surface area contributed by atoms with Gasteiger partial charge >= 0.3 is 0 Å². The highest BCUT2D eigenvalue weighted by atomic mass is 19.1. The maximum absolute atomic E-state index is 14.7. The number of phenols is 1. The van der Waals surface area contributed by atoms with E-state index in [4.69, 9.17) is 0 Å². The Bertz CT molecular complexity index is 1730. The van der Waals surface area contributed by atoms with Crippen molar-refractivity contribution in [3.8, 4) is 11.4 Å². The number of fused-ring (bicyclic) bond motifs is 3. The van der Waals surface area contributed by atoms with Crippen LogP contribution in [0.3, 0.4) is 0 Å². The van der Waals surface area contributed by atoms with E-state index in [0.29, 0.717) is 11.3 Å². The number of phenolic OH excluding ortho intramolecular Hbond substituents is 1. The molecule has 0 bridgehead atoms. The monoisotopic (exact) mass is 595 g/mol. The second kappa shape index (κ2) is 10.6. The molecule has 0 saturated heterocycles. The standard InChI is InChI=1S/C40H50FNO2/c1-37(2,3)23-40(10,11)26-20-31(30-22-27(41)14-17-35(30)43)36(44)34(21-26)42-32-15-12-24(38(4,5)6)18-28(32)29-19-25(39(7,8)9)13-16-33(29)42/h12-13,15-16,18-22,27,44H,14,17,23H2,1-11H3. The zero-order valence-corrected chi connectivity index (χ0v) is 28.6. The number of Topliss-reactive ketones (excluding diaryl/α,β-unsaturated/α-hetero) is 1. The molecule has 4 aromatic rings. The van der Waals surface area contributed by atoms with E-state index in [-0.39, 0.29) is 51.6 Å². The van der Waals surface area contributed by atoms with Crippen molar-refractivity contribution in [2.75, 3.05) is 0 Å². The maximum atomic E-state index is 14.7. The number of aromatic hydroxyl groups is 1. The SMILES string of the molecule is CC(C)(C)CC(C)(C)c1cc(C2=CC(F)CCC2=O)c(O)c(-n2c3ccc(C(C)(C)C)cc3c3cc(C(C)(C)C)ccc32)c1. The van der Waals surface area contributed by atoms with E-state index in [2.05, 4.69) is 123 Å². The number of nitrogens with zero attached hydrogens (tertiary/aromatic N) is 1. The highest BCUT2D eigenvalue weighted by molar-refractivity contribution is 6.22. The molecule has 234 valence electrons. The summed E-state index contributed by atoms with van der Waals surface area (Å²) in [6, 6.07) is 17.2. The van der Waals surface area contributed by atoms with Crippen molar-refractivity contribution in [2.45, 2.75) is 118 Å². The molecule has 1 unspecified atom stereocenters. The van der Waals surface area contributed by atoms with Crippen LogP contribution in [0.25, 0.3) is 33.1 Å². The van der Waals surface area contributed by atoms with Gasteiger partial charge in [0.25, 0.3) is 0 Å². The second-order valence-electron chi connectivity index (χ2n) is 16.9. The van der Waals surface area contributed by atoms with Crippen LogP contribution in [0, 0.1) is 5.41 Å². The molecule has 0 aliphatic heterocycles. The van der Waals surface area contributed by atoms with Gasteiger partial charge in [-0.2, -0.15) is 0 Å². The molecule has 0 saturated carbocycles. The summed E-state index contributed by atoms with van der Waals surface area (Å²) < 4.78 is 16.9. The van der Waals surface area contributed by atoms with Gasteiger partial charge in [0.2, 0.25) is 0 Å². The Labute approximate surface area is 263 Å². The van der Waals surface area contributed by atoms with Crippen molar-refractivity contribution in [2.24, 2.45) is 5.41 Å². The molecule has 4 heteroatoms. The van der Waals surface area contributed by atoms with Crippen LogP contribution in [-0.4, -0.2) is 21.6 Å². The highest BCUT2D eigenvalue weighted by Crippen LogP contribution is 2.45. The minimum absolute atomic E-state index is 0.00704. The molecule has 1 aliphatic rings. The predicted molar refractivity (Wildman–Crippen MR) is 184 cm³/mol. The summed E-state index contributed by atoms with van der Waals surface area (Å²) in [6.07, 6.45) is 1.40. The van der Waals surface area contributed by atoms with Crippen molar-refractivity contribution < 1.29 is 14.3 Å². The summed E-state index contributed by atoms with van der Waals surface area (Å²) >= 11 is 0. The van der Waals surface area contributed by atoms with E-state index >= 15 is 0 Å². The van der Waals surface area contributed by atoms with Gasteiger partial charge in [0, 0.05) is 28.3 Å².